The van der Waals surface area contributed by atoms with Gasteiger partial charge in [-0.1, -0.05) is 30.3 Å². The minimum atomic E-state index is 0.178. The average molecular weight is 277 g/mol. The molecule has 2 aliphatic heterocycles. The summed E-state index contributed by atoms with van der Waals surface area (Å²) < 4.78 is 6.14. The second-order valence-corrected chi connectivity index (χ2v) is 6.87. The fourth-order valence-electron chi connectivity index (χ4n) is 3.55. The standard InChI is InChI=1S/C16H23NOS/c1-17-15(13-5-3-2-4-6-13)14-7-9-18-16(11-14)8-10-19-12-16/h2-6,14-15,17H,7-12H2,1H3. The van der Waals surface area contributed by atoms with E-state index in [2.05, 4.69) is 54.5 Å². The first-order chi connectivity index (χ1) is 9.33. The van der Waals surface area contributed by atoms with Gasteiger partial charge in [0.1, 0.15) is 0 Å². The molecule has 2 nitrogen and oxygen atoms in total. The number of ether oxygens (including phenoxy) is 1. The van der Waals surface area contributed by atoms with Crippen LogP contribution in [0.1, 0.15) is 30.9 Å². The molecule has 1 aromatic rings. The summed E-state index contributed by atoms with van der Waals surface area (Å²) >= 11 is 2.05. The Bertz CT molecular complexity index is 402. The number of hydrogen-bond donors (Lipinski definition) is 1. The fraction of sp³-hybridized carbons (Fsp3) is 0.625. The third kappa shape index (κ3) is 2.83. The van der Waals surface area contributed by atoms with Gasteiger partial charge in [-0.15, -0.1) is 0 Å². The summed E-state index contributed by atoms with van der Waals surface area (Å²) in [4.78, 5) is 0. The molecule has 0 amide bonds. The molecule has 1 aromatic carbocycles. The molecule has 3 rings (SSSR count). The summed E-state index contributed by atoms with van der Waals surface area (Å²) in [5.74, 6) is 3.15. The van der Waals surface area contributed by atoms with Crippen LogP contribution in [-0.4, -0.2) is 30.8 Å². The van der Waals surface area contributed by atoms with Gasteiger partial charge in [0.05, 0.1) is 5.60 Å². The first kappa shape index (κ1) is 13.5. The van der Waals surface area contributed by atoms with Crippen molar-refractivity contribution in [2.75, 3.05) is 25.2 Å². The summed E-state index contributed by atoms with van der Waals surface area (Å²) in [5, 5.41) is 3.53. The molecule has 0 aliphatic carbocycles. The molecule has 1 spiro atoms. The van der Waals surface area contributed by atoms with E-state index in [0.29, 0.717) is 12.0 Å². The summed E-state index contributed by atoms with van der Waals surface area (Å²) in [6.07, 6.45) is 3.62. The molecule has 2 aliphatic rings. The second-order valence-electron chi connectivity index (χ2n) is 5.76. The molecule has 3 heteroatoms. The SMILES string of the molecule is CNC(c1ccccc1)C1CCOC2(CCSC2)C1. The molecule has 3 unspecified atom stereocenters. The van der Waals surface area contributed by atoms with Crippen LogP contribution in [0, 0.1) is 5.92 Å². The third-order valence-corrected chi connectivity index (χ3v) is 5.76. The molecular weight excluding hydrogens is 254 g/mol. The molecule has 0 aromatic heterocycles. The van der Waals surface area contributed by atoms with E-state index in [4.69, 9.17) is 4.74 Å². The predicted molar refractivity (Wildman–Crippen MR) is 81.6 cm³/mol. The quantitative estimate of drug-likeness (QED) is 0.916. The maximum atomic E-state index is 6.14. The number of hydrogen-bond acceptors (Lipinski definition) is 3. The van der Waals surface area contributed by atoms with Gasteiger partial charge >= 0.3 is 0 Å². The Morgan fingerprint density at radius 2 is 2.21 bits per heavy atom. The van der Waals surface area contributed by atoms with E-state index in [1.165, 1.54) is 36.3 Å². The largest absolute Gasteiger partial charge is 0.374 e. The maximum absolute atomic E-state index is 6.14. The Balaban J connectivity index is 1.76. The average Bonchev–Trinajstić information content (AvgIpc) is 2.89. The van der Waals surface area contributed by atoms with Crippen LogP contribution in [0.15, 0.2) is 30.3 Å². The van der Waals surface area contributed by atoms with Crippen LogP contribution >= 0.6 is 11.8 Å². The fourth-order valence-corrected chi connectivity index (χ4v) is 4.93. The van der Waals surface area contributed by atoms with Crippen molar-refractivity contribution in [1.29, 1.82) is 0 Å². The molecular formula is C16H23NOS. The first-order valence-corrected chi connectivity index (χ1v) is 8.42. The smallest absolute Gasteiger partial charge is 0.0783 e. The van der Waals surface area contributed by atoms with Gasteiger partial charge in [-0.3, -0.25) is 0 Å². The molecule has 2 saturated heterocycles. The van der Waals surface area contributed by atoms with Crippen molar-refractivity contribution < 1.29 is 4.74 Å². The number of benzene rings is 1. The van der Waals surface area contributed by atoms with E-state index in [1.54, 1.807) is 0 Å². The van der Waals surface area contributed by atoms with Gasteiger partial charge in [-0.25, -0.2) is 0 Å². The van der Waals surface area contributed by atoms with E-state index in [1.807, 2.05) is 0 Å². The number of rotatable bonds is 3. The Labute approximate surface area is 120 Å². The molecule has 104 valence electrons. The van der Waals surface area contributed by atoms with Gasteiger partial charge in [0.15, 0.2) is 0 Å². The zero-order valence-corrected chi connectivity index (χ0v) is 12.4. The van der Waals surface area contributed by atoms with Crippen LogP contribution in [0.4, 0.5) is 0 Å². The van der Waals surface area contributed by atoms with Crippen molar-refractivity contribution in [3.8, 4) is 0 Å². The van der Waals surface area contributed by atoms with Crippen LogP contribution in [0.2, 0.25) is 0 Å². The van der Waals surface area contributed by atoms with Crippen molar-refractivity contribution in [3.63, 3.8) is 0 Å². The molecule has 2 fully saturated rings. The second kappa shape index (κ2) is 5.86. The highest BCUT2D eigenvalue weighted by atomic mass is 32.2. The third-order valence-electron chi connectivity index (χ3n) is 4.54. The summed E-state index contributed by atoms with van der Waals surface area (Å²) in [6, 6.07) is 11.3. The van der Waals surface area contributed by atoms with Crippen molar-refractivity contribution in [1.82, 2.24) is 5.32 Å². The summed E-state index contributed by atoms with van der Waals surface area (Å²) in [7, 11) is 2.09. The van der Waals surface area contributed by atoms with Crippen molar-refractivity contribution in [3.05, 3.63) is 35.9 Å². The Morgan fingerprint density at radius 3 is 2.89 bits per heavy atom. The lowest BCUT2D eigenvalue weighted by atomic mass is 9.79. The Hall–Kier alpha value is -0.510. The molecule has 1 N–H and O–H groups in total. The lowest BCUT2D eigenvalue weighted by Gasteiger charge is -2.41. The van der Waals surface area contributed by atoms with Crippen LogP contribution in [0.3, 0.4) is 0 Å². The van der Waals surface area contributed by atoms with Crippen molar-refractivity contribution in [2.45, 2.75) is 30.9 Å². The number of thioether (sulfide) groups is 1. The van der Waals surface area contributed by atoms with Gasteiger partial charge < -0.3 is 10.1 Å². The Kier molecular flexibility index (Phi) is 4.15. The predicted octanol–water partition coefficient (Wildman–Crippen LogP) is 3.25. The molecule has 19 heavy (non-hydrogen) atoms. The van der Waals surface area contributed by atoms with Gasteiger partial charge in [-0.05, 0) is 43.5 Å². The molecule has 0 bridgehead atoms. The zero-order valence-electron chi connectivity index (χ0n) is 11.6. The first-order valence-electron chi connectivity index (χ1n) is 7.27. The van der Waals surface area contributed by atoms with Crippen LogP contribution in [0.25, 0.3) is 0 Å². The molecule has 0 radical (unpaired) electrons. The normalized spacial score (nSPS) is 32.6. The monoisotopic (exact) mass is 277 g/mol. The van der Waals surface area contributed by atoms with Crippen molar-refractivity contribution in [2.24, 2.45) is 5.92 Å². The highest BCUT2D eigenvalue weighted by molar-refractivity contribution is 7.99. The van der Waals surface area contributed by atoms with Crippen LogP contribution < -0.4 is 5.32 Å². The minimum Gasteiger partial charge on any atom is -0.374 e. The van der Waals surface area contributed by atoms with E-state index in [-0.39, 0.29) is 5.60 Å². The topological polar surface area (TPSA) is 21.3 Å². The molecule has 3 atom stereocenters. The minimum absolute atomic E-state index is 0.178. The van der Waals surface area contributed by atoms with E-state index >= 15 is 0 Å². The lowest BCUT2D eigenvalue weighted by molar-refractivity contribution is -0.0850. The van der Waals surface area contributed by atoms with Crippen molar-refractivity contribution >= 4 is 11.8 Å². The lowest BCUT2D eigenvalue weighted by Crippen LogP contribution is -2.43. The summed E-state index contributed by atoms with van der Waals surface area (Å²) in [6.45, 7) is 0.927. The summed E-state index contributed by atoms with van der Waals surface area (Å²) in [5.41, 5.74) is 1.59. The maximum Gasteiger partial charge on any atom is 0.0783 e. The zero-order chi connectivity index (χ0) is 13.1. The highest BCUT2D eigenvalue weighted by Crippen LogP contribution is 2.43. The Morgan fingerprint density at radius 1 is 1.37 bits per heavy atom. The van der Waals surface area contributed by atoms with Gasteiger partial charge in [0, 0.05) is 18.4 Å². The van der Waals surface area contributed by atoms with E-state index in [0.717, 1.165) is 6.61 Å². The van der Waals surface area contributed by atoms with Gasteiger partial charge in [0.2, 0.25) is 0 Å². The van der Waals surface area contributed by atoms with E-state index < -0.39 is 0 Å². The molecule has 0 saturated carbocycles. The number of nitrogens with one attached hydrogen (secondary N) is 1. The molecule has 2 heterocycles. The van der Waals surface area contributed by atoms with Crippen LogP contribution in [-0.2, 0) is 4.74 Å². The van der Waals surface area contributed by atoms with Crippen LogP contribution in [0.5, 0.6) is 0 Å². The van der Waals surface area contributed by atoms with Gasteiger partial charge in [0.25, 0.3) is 0 Å². The van der Waals surface area contributed by atoms with Gasteiger partial charge in [-0.2, -0.15) is 11.8 Å². The van der Waals surface area contributed by atoms with E-state index in [9.17, 15) is 0 Å². The highest BCUT2D eigenvalue weighted by Gasteiger charge is 2.42.